The molecular weight excluding hydrogens is 546 g/mol. The minimum absolute atomic E-state index is 0.172. The van der Waals surface area contributed by atoms with E-state index in [1.807, 2.05) is 54.6 Å². The highest BCUT2D eigenvalue weighted by Gasteiger charge is 2.32. The van der Waals surface area contributed by atoms with Gasteiger partial charge in [-0.3, -0.25) is 4.79 Å². The molecule has 6 nitrogen and oxygen atoms in total. The first-order chi connectivity index (χ1) is 15.8. The molecule has 33 heavy (non-hydrogen) atoms. The lowest BCUT2D eigenvalue weighted by Gasteiger charge is -2.37. The van der Waals surface area contributed by atoms with Gasteiger partial charge in [-0.2, -0.15) is 4.72 Å². The summed E-state index contributed by atoms with van der Waals surface area (Å²) in [6, 6.07) is 19.4. The molecule has 174 valence electrons. The summed E-state index contributed by atoms with van der Waals surface area (Å²) in [5.41, 5.74) is 1.91. The van der Waals surface area contributed by atoms with Crippen LogP contribution in [-0.2, 0) is 21.2 Å². The van der Waals surface area contributed by atoms with E-state index in [2.05, 4.69) is 25.6 Å². The van der Waals surface area contributed by atoms with Gasteiger partial charge in [0.25, 0.3) is 10.0 Å². The fourth-order valence-electron chi connectivity index (χ4n) is 3.79. The van der Waals surface area contributed by atoms with Gasteiger partial charge < -0.3 is 9.80 Å². The Labute approximate surface area is 211 Å². The number of nitrogens with one attached hydrogen (secondary N) is 1. The van der Waals surface area contributed by atoms with Crippen LogP contribution in [0, 0.1) is 0 Å². The lowest BCUT2D eigenvalue weighted by atomic mass is 10.1. The molecule has 0 bridgehead atoms. The molecule has 1 aliphatic heterocycles. The lowest BCUT2D eigenvalue weighted by molar-refractivity contribution is -0.133. The fraction of sp³-hybridized carbons (Fsp3) is 0.261. The van der Waals surface area contributed by atoms with E-state index in [0.29, 0.717) is 35.0 Å². The second-order valence-electron chi connectivity index (χ2n) is 7.71. The zero-order valence-electron chi connectivity index (χ0n) is 17.7. The van der Waals surface area contributed by atoms with Crippen molar-refractivity contribution in [3.05, 3.63) is 81.1 Å². The Bertz CT molecular complexity index is 1210. The molecule has 1 fully saturated rings. The van der Waals surface area contributed by atoms with Crippen molar-refractivity contribution in [3.63, 3.8) is 0 Å². The van der Waals surface area contributed by atoms with Crippen molar-refractivity contribution in [2.24, 2.45) is 0 Å². The molecule has 1 N–H and O–H groups in total. The first-order valence-electron chi connectivity index (χ1n) is 10.4. The number of nitrogens with zero attached hydrogens (tertiary/aromatic N) is 2. The van der Waals surface area contributed by atoms with Crippen molar-refractivity contribution in [2.75, 3.05) is 31.1 Å². The number of benzene rings is 2. The molecule has 2 aromatic carbocycles. The molecular formula is C23H23BrClN3O3S2. The number of halogens is 2. The summed E-state index contributed by atoms with van der Waals surface area (Å²) in [7, 11) is -3.84. The van der Waals surface area contributed by atoms with E-state index in [4.69, 9.17) is 11.6 Å². The van der Waals surface area contributed by atoms with E-state index in [0.717, 1.165) is 22.6 Å². The Balaban J connectivity index is 1.49. The molecule has 3 aromatic rings. The van der Waals surface area contributed by atoms with E-state index >= 15 is 0 Å². The van der Waals surface area contributed by atoms with Gasteiger partial charge in [-0.25, -0.2) is 8.42 Å². The van der Waals surface area contributed by atoms with Gasteiger partial charge in [0, 0.05) is 36.9 Å². The molecule has 1 amide bonds. The van der Waals surface area contributed by atoms with Crippen LogP contribution in [0.2, 0.25) is 5.02 Å². The summed E-state index contributed by atoms with van der Waals surface area (Å²) in [4.78, 5) is 17.4. The third-order valence-electron chi connectivity index (χ3n) is 5.46. The highest BCUT2D eigenvalue weighted by molar-refractivity contribution is 9.11. The number of carbonyl (C=O) groups is 1. The average Bonchev–Trinajstić information content (AvgIpc) is 3.26. The Morgan fingerprint density at radius 3 is 2.39 bits per heavy atom. The van der Waals surface area contributed by atoms with E-state index in [-0.39, 0.29) is 16.5 Å². The number of hydrogen-bond acceptors (Lipinski definition) is 5. The number of anilines is 1. The van der Waals surface area contributed by atoms with Crippen LogP contribution in [0.3, 0.4) is 0 Å². The van der Waals surface area contributed by atoms with E-state index in [1.165, 1.54) is 6.07 Å². The zero-order chi connectivity index (χ0) is 23.4. The number of rotatable bonds is 7. The zero-order valence-corrected chi connectivity index (χ0v) is 21.6. The summed E-state index contributed by atoms with van der Waals surface area (Å²) < 4.78 is 29.5. The Morgan fingerprint density at radius 2 is 1.76 bits per heavy atom. The Hall–Kier alpha value is -1.91. The minimum Gasteiger partial charge on any atom is -0.368 e. The maximum atomic E-state index is 13.5. The van der Waals surface area contributed by atoms with Gasteiger partial charge in [0.05, 0.1) is 3.79 Å². The predicted octanol–water partition coefficient (Wildman–Crippen LogP) is 4.40. The third kappa shape index (κ3) is 6.16. The molecule has 0 aliphatic carbocycles. The summed E-state index contributed by atoms with van der Waals surface area (Å²) >= 11 is 10.5. The quantitative estimate of drug-likeness (QED) is 0.459. The number of hydrogen-bond donors (Lipinski definition) is 1. The van der Waals surface area contributed by atoms with Crippen LogP contribution in [0.1, 0.15) is 5.56 Å². The molecule has 2 heterocycles. The standard InChI is InChI=1S/C23H23BrClN3O3S2/c24-21-9-10-22(32-21)33(30,31)26-20(15-17-5-2-1-3-6-17)23(29)28-13-11-27(12-14-28)19-8-4-7-18(25)16-19/h1-10,16,20,26H,11-15H2/t20-/m1/s1. The average molecular weight is 569 g/mol. The minimum atomic E-state index is -3.84. The third-order valence-corrected chi connectivity index (χ3v) is 9.28. The fourth-order valence-corrected chi connectivity index (χ4v) is 7.20. The van der Waals surface area contributed by atoms with Crippen LogP contribution < -0.4 is 9.62 Å². The first kappa shape index (κ1) is 24.2. The van der Waals surface area contributed by atoms with Gasteiger partial charge in [-0.15, -0.1) is 11.3 Å². The maximum absolute atomic E-state index is 13.5. The lowest BCUT2D eigenvalue weighted by Crippen LogP contribution is -2.55. The molecule has 1 saturated heterocycles. The second-order valence-corrected chi connectivity index (χ2v) is 12.6. The van der Waals surface area contributed by atoms with Crippen LogP contribution in [-0.4, -0.2) is 51.4 Å². The van der Waals surface area contributed by atoms with Crippen LogP contribution >= 0.6 is 38.9 Å². The normalized spacial score (nSPS) is 15.5. The van der Waals surface area contributed by atoms with Crippen LogP contribution in [0.4, 0.5) is 5.69 Å². The van der Waals surface area contributed by atoms with Crippen LogP contribution in [0.5, 0.6) is 0 Å². The number of piperazine rings is 1. The summed E-state index contributed by atoms with van der Waals surface area (Å²) in [5.74, 6) is -0.219. The van der Waals surface area contributed by atoms with Gasteiger partial charge in [0.15, 0.2) is 0 Å². The first-order valence-corrected chi connectivity index (χ1v) is 13.9. The van der Waals surface area contributed by atoms with Crippen LogP contribution in [0.25, 0.3) is 0 Å². The van der Waals surface area contributed by atoms with Crippen molar-refractivity contribution in [1.29, 1.82) is 0 Å². The maximum Gasteiger partial charge on any atom is 0.250 e. The van der Waals surface area contributed by atoms with Gasteiger partial charge >= 0.3 is 0 Å². The molecule has 1 aromatic heterocycles. The number of amides is 1. The second kappa shape index (κ2) is 10.6. The molecule has 0 spiro atoms. The highest BCUT2D eigenvalue weighted by atomic mass is 79.9. The Morgan fingerprint density at radius 1 is 1.03 bits per heavy atom. The monoisotopic (exact) mass is 567 g/mol. The summed E-state index contributed by atoms with van der Waals surface area (Å²) in [6.45, 7) is 2.30. The molecule has 10 heteroatoms. The summed E-state index contributed by atoms with van der Waals surface area (Å²) in [6.07, 6.45) is 0.278. The topological polar surface area (TPSA) is 69.7 Å². The van der Waals surface area contributed by atoms with Gasteiger partial charge in [0.2, 0.25) is 5.91 Å². The number of sulfonamides is 1. The molecule has 0 saturated carbocycles. The van der Waals surface area contributed by atoms with Crippen molar-refractivity contribution in [3.8, 4) is 0 Å². The molecule has 4 rings (SSSR count). The predicted molar refractivity (Wildman–Crippen MR) is 137 cm³/mol. The van der Waals surface area contributed by atoms with Crippen molar-refractivity contribution < 1.29 is 13.2 Å². The molecule has 1 aliphatic rings. The number of thiophene rings is 1. The molecule has 0 radical (unpaired) electrons. The highest BCUT2D eigenvalue weighted by Crippen LogP contribution is 2.26. The van der Waals surface area contributed by atoms with Crippen LogP contribution in [0.15, 0.2) is 74.7 Å². The molecule has 0 unspecified atom stereocenters. The SMILES string of the molecule is O=C([C@@H](Cc1ccccc1)NS(=O)(=O)c1ccc(Br)s1)N1CCN(c2cccc(Cl)c2)CC1. The smallest absolute Gasteiger partial charge is 0.250 e. The number of carbonyl (C=O) groups excluding carboxylic acids is 1. The largest absolute Gasteiger partial charge is 0.368 e. The van der Waals surface area contributed by atoms with Gasteiger partial charge in [-0.1, -0.05) is 48.0 Å². The Kier molecular flexibility index (Phi) is 7.76. The van der Waals surface area contributed by atoms with Gasteiger partial charge in [0.1, 0.15) is 10.3 Å². The van der Waals surface area contributed by atoms with Crippen molar-refractivity contribution in [2.45, 2.75) is 16.7 Å². The van der Waals surface area contributed by atoms with E-state index in [9.17, 15) is 13.2 Å². The van der Waals surface area contributed by atoms with Crippen molar-refractivity contribution in [1.82, 2.24) is 9.62 Å². The van der Waals surface area contributed by atoms with E-state index in [1.54, 1.807) is 11.0 Å². The van der Waals surface area contributed by atoms with Crippen molar-refractivity contribution >= 4 is 60.5 Å². The molecule has 1 atom stereocenters. The summed E-state index contributed by atoms with van der Waals surface area (Å²) in [5, 5.41) is 0.670. The van der Waals surface area contributed by atoms with Gasteiger partial charge in [-0.05, 0) is 58.2 Å². The van der Waals surface area contributed by atoms with E-state index < -0.39 is 16.1 Å².